The first-order chi connectivity index (χ1) is 6.18. The second-order valence-corrected chi connectivity index (χ2v) is 4.40. The summed E-state index contributed by atoms with van der Waals surface area (Å²) in [4.78, 5) is 7.53. The van der Waals surface area contributed by atoms with E-state index in [-0.39, 0.29) is 5.38 Å². The standard InChI is InChI=1S/C9H11ClN2S/c1-5(10)8-11-7-4-2-3-6(7)9(13)12-8/h5H,2-4H2,1H3,(H,11,12,13). The van der Waals surface area contributed by atoms with Crippen LogP contribution in [-0.4, -0.2) is 9.97 Å². The topological polar surface area (TPSA) is 28.7 Å². The third kappa shape index (κ3) is 1.63. The van der Waals surface area contributed by atoms with Gasteiger partial charge in [-0.1, -0.05) is 12.2 Å². The van der Waals surface area contributed by atoms with Crippen LogP contribution in [0.25, 0.3) is 0 Å². The molecule has 0 fully saturated rings. The summed E-state index contributed by atoms with van der Waals surface area (Å²) >= 11 is 11.1. The van der Waals surface area contributed by atoms with E-state index >= 15 is 0 Å². The smallest absolute Gasteiger partial charge is 0.133 e. The third-order valence-corrected chi connectivity index (χ3v) is 2.90. The summed E-state index contributed by atoms with van der Waals surface area (Å²) in [5.74, 6) is 0.798. The van der Waals surface area contributed by atoms with Crippen LogP contribution in [0.2, 0.25) is 0 Å². The van der Waals surface area contributed by atoms with Crippen molar-refractivity contribution in [2.24, 2.45) is 0 Å². The van der Waals surface area contributed by atoms with Crippen molar-refractivity contribution in [1.82, 2.24) is 9.97 Å². The molecule has 1 aromatic heterocycles. The molecule has 1 heterocycles. The minimum Gasteiger partial charge on any atom is -0.346 e. The molecule has 0 saturated heterocycles. The molecule has 1 aliphatic carbocycles. The van der Waals surface area contributed by atoms with Gasteiger partial charge in [-0.3, -0.25) is 0 Å². The Morgan fingerprint density at radius 2 is 2.31 bits per heavy atom. The van der Waals surface area contributed by atoms with E-state index in [0.29, 0.717) is 0 Å². The fourth-order valence-electron chi connectivity index (χ4n) is 1.67. The van der Waals surface area contributed by atoms with E-state index in [2.05, 4.69) is 9.97 Å². The predicted octanol–water partition coefficient (Wildman–Crippen LogP) is 2.93. The molecule has 0 spiro atoms. The maximum absolute atomic E-state index is 5.94. The van der Waals surface area contributed by atoms with E-state index in [1.54, 1.807) is 0 Å². The van der Waals surface area contributed by atoms with Crippen LogP contribution in [-0.2, 0) is 12.8 Å². The SMILES string of the molecule is CC(Cl)c1nc(=S)c2c([nH]1)CCC2. The van der Waals surface area contributed by atoms with Gasteiger partial charge in [0.25, 0.3) is 0 Å². The van der Waals surface area contributed by atoms with E-state index in [4.69, 9.17) is 23.8 Å². The number of nitrogens with one attached hydrogen (secondary N) is 1. The van der Waals surface area contributed by atoms with Gasteiger partial charge in [0.05, 0.1) is 5.38 Å². The summed E-state index contributed by atoms with van der Waals surface area (Å²) in [7, 11) is 0. The average molecular weight is 215 g/mol. The lowest BCUT2D eigenvalue weighted by Crippen LogP contribution is -2.01. The van der Waals surface area contributed by atoms with Gasteiger partial charge in [-0.2, -0.15) is 0 Å². The molecule has 0 radical (unpaired) electrons. The Balaban J connectivity index is 2.56. The average Bonchev–Trinajstić information content (AvgIpc) is 2.51. The molecule has 1 N–H and O–H groups in total. The first-order valence-electron chi connectivity index (χ1n) is 4.44. The minimum absolute atomic E-state index is 0.0902. The van der Waals surface area contributed by atoms with Crippen LogP contribution in [0, 0.1) is 4.64 Å². The number of alkyl halides is 1. The van der Waals surface area contributed by atoms with Gasteiger partial charge in [-0.15, -0.1) is 11.6 Å². The number of hydrogen-bond donors (Lipinski definition) is 1. The van der Waals surface area contributed by atoms with Crippen molar-refractivity contribution in [2.75, 3.05) is 0 Å². The van der Waals surface area contributed by atoms with Crippen LogP contribution in [0.5, 0.6) is 0 Å². The Hall–Kier alpha value is -0.410. The van der Waals surface area contributed by atoms with Gasteiger partial charge < -0.3 is 4.98 Å². The molecule has 1 atom stereocenters. The minimum atomic E-state index is -0.0902. The Morgan fingerprint density at radius 3 is 3.00 bits per heavy atom. The van der Waals surface area contributed by atoms with Crippen molar-refractivity contribution in [3.8, 4) is 0 Å². The summed E-state index contributed by atoms with van der Waals surface area (Å²) < 4.78 is 0.730. The highest BCUT2D eigenvalue weighted by Crippen LogP contribution is 2.23. The van der Waals surface area contributed by atoms with Crippen molar-refractivity contribution >= 4 is 23.8 Å². The van der Waals surface area contributed by atoms with E-state index < -0.39 is 0 Å². The zero-order chi connectivity index (χ0) is 9.42. The summed E-state index contributed by atoms with van der Waals surface area (Å²) in [5.41, 5.74) is 2.46. The molecule has 70 valence electrons. The van der Waals surface area contributed by atoms with Crippen LogP contribution in [0.4, 0.5) is 0 Å². The largest absolute Gasteiger partial charge is 0.346 e. The molecule has 0 aliphatic heterocycles. The first kappa shape index (κ1) is 9.16. The lowest BCUT2D eigenvalue weighted by Gasteiger charge is -2.06. The highest BCUT2D eigenvalue weighted by atomic mass is 35.5. The Bertz CT molecular complexity index is 384. The summed E-state index contributed by atoms with van der Waals surface area (Å²) in [6.45, 7) is 1.90. The quantitative estimate of drug-likeness (QED) is 0.575. The second kappa shape index (κ2) is 3.39. The van der Waals surface area contributed by atoms with Gasteiger partial charge in [0.1, 0.15) is 10.5 Å². The zero-order valence-corrected chi connectivity index (χ0v) is 9.00. The van der Waals surface area contributed by atoms with E-state index in [9.17, 15) is 0 Å². The third-order valence-electron chi connectivity index (χ3n) is 2.35. The highest BCUT2D eigenvalue weighted by Gasteiger charge is 2.15. The number of hydrogen-bond acceptors (Lipinski definition) is 2. The lowest BCUT2D eigenvalue weighted by molar-refractivity contribution is 0.861. The number of halogens is 1. The van der Waals surface area contributed by atoms with E-state index in [1.807, 2.05) is 6.92 Å². The molecule has 1 aliphatic rings. The van der Waals surface area contributed by atoms with E-state index in [0.717, 1.165) is 23.3 Å². The van der Waals surface area contributed by atoms with Crippen molar-refractivity contribution in [1.29, 1.82) is 0 Å². The van der Waals surface area contributed by atoms with Crippen LogP contribution < -0.4 is 0 Å². The highest BCUT2D eigenvalue weighted by molar-refractivity contribution is 7.71. The van der Waals surface area contributed by atoms with Crippen molar-refractivity contribution in [3.63, 3.8) is 0 Å². The molecular weight excluding hydrogens is 204 g/mol. The van der Waals surface area contributed by atoms with Gasteiger partial charge >= 0.3 is 0 Å². The van der Waals surface area contributed by atoms with Crippen LogP contribution >= 0.6 is 23.8 Å². The maximum Gasteiger partial charge on any atom is 0.133 e. The number of H-pyrrole nitrogens is 1. The zero-order valence-electron chi connectivity index (χ0n) is 7.43. The molecule has 0 saturated carbocycles. The van der Waals surface area contributed by atoms with Gasteiger partial charge in [-0.25, -0.2) is 4.98 Å². The molecule has 0 aromatic carbocycles. The van der Waals surface area contributed by atoms with Crippen LogP contribution in [0.1, 0.15) is 35.8 Å². The first-order valence-corrected chi connectivity index (χ1v) is 5.29. The number of aromatic amines is 1. The molecule has 1 aromatic rings. The summed E-state index contributed by atoms with van der Waals surface area (Å²) in [5, 5.41) is -0.0902. The Labute approximate surface area is 87.4 Å². The lowest BCUT2D eigenvalue weighted by atomic mass is 10.2. The molecular formula is C9H11ClN2S. The number of fused-ring (bicyclic) bond motifs is 1. The van der Waals surface area contributed by atoms with Crippen molar-refractivity contribution in [2.45, 2.75) is 31.6 Å². The second-order valence-electron chi connectivity index (χ2n) is 3.35. The van der Waals surface area contributed by atoms with Gasteiger partial charge in [-0.05, 0) is 26.2 Å². The normalized spacial score (nSPS) is 17.1. The maximum atomic E-state index is 5.94. The molecule has 1 unspecified atom stereocenters. The Morgan fingerprint density at radius 1 is 1.54 bits per heavy atom. The molecule has 13 heavy (non-hydrogen) atoms. The number of rotatable bonds is 1. The summed E-state index contributed by atoms with van der Waals surface area (Å²) in [6.07, 6.45) is 3.32. The van der Waals surface area contributed by atoms with E-state index in [1.165, 1.54) is 17.7 Å². The van der Waals surface area contributed by atoms with Gasteiger partial charge in [0.15, 0.2) is 0 Å². The van der Waals surface area contributed by atoms with Crippen LogP contribution in [0.15, 0.2) is 0 Å². The molecule has 2 rings (SSSR count). The Kier molecular flexibility index (Phi) is 2.39. The van der Waals surface area contributed by atoms with Gasteiger partial charge in [0.2, 0.25) is 0 Å². The van der Waals surface area contributed by atoms with Crippen molar-refractivity contribution in [3.05, 3.63) is 21.7 Å². The number of aryl methyl sites for hydroxylation is 1. The molecule has 0 bridgehead atoms. The van der Waals surface area contributed by atoms with Gasteiger partial charge in [0, 0.05) is 11.3 Å². The van der Waals surface area contributed by atoms with Crippen LogP contribution in [0.3, 0.4) is 0 Å². The fraction of sp³-hybridized carbons (Fsp3) is 0.556. The number of nitrogens with zero attached hydrogens (tertiary/aromatic N) is 1. The molecule has 2 nitrogen and oxygen atoms in total. The predicted molar refractivity (Wildman–Crippen MR) is 55.7 cm³/mol. The fourth-order valence-corrected chi connectivity index (χ4v) is 2.09. The number of aromatic nitrogens is 2. The van der Waals surface area contributed by atoms with Crippen molar-refractivity contribution < 1.29 is 0 Å². The monoisotopic (exact) mass is 214 g/mol. The molecule has 0 amide bonds. The molecule has 4 heteroatoms. The summed E-state index contributed by atoms with van der Waals surface area (Å²) in [6, 6.07) is 0.